The van der Waals surface area contributed by atoms with Gasteiger partial charge in [-0.05, 0) is 46.8 Å². The standard InChI is InChI=1S/C19H16N8O4/c28-16(9-10-26-19(31)15-4-2-1-3-14(15)18(30)23-26)21-22-17(29)12-5-7-13(8-6-12)27-11-20-24-25-27/h1-8,11H,9-10H2,(H,21,28)(H,22,29)(H,23,30). The summed E-state index contributed by atoms with van der Waals surface area (Å²) in [5.74, 6) is -1.05. The van der Waals surface area contributed by atoms with Crippen LogP contribution in [0.4, 0.5) is 0 Å². The SMILES string of the molecule is O=C(CCn1[nH]c(=O)c2ccccc2c1=O)NNC(=O)c1ccc(-n2cnnn2)cc1. The van der Waals surface area contributed by atoms with Gasteiger partial charge in [-0.15, -0.1) is 5.10 Å². The van der Waals surface area contributed by atoms with Crippen LogP contribution in [0.15, 0.2) is 64.4 Å². The Balaban J connectivity index is 1.34. The summed E-state index contributed by atoms with van der Waals surface area (Å²) in [5.41, 5.74) is 4.73. The molecular formula is C19H16N8O4. The van der Waals surface area contributed by atoms with E-state index in [0.29, 0.717) is 11.3 Å². The lowest BCUT2D eigenvalue weighted by Gasteiger charge is -2.09. The van der Waals surface area contributed by atoms with Crippen LogP contribution in [0, 0.1) is 0 Å². The molecule has 0 saturated heterocycles. The van der Waals surface area contributed by atoms with Gasteiger partial charge in [-0.3, -0.25) is 35.1 Å². The maximum atomic E-state index is 12.4. The Labute approximate surface area is 173 Å². The Kier molecular flexibility index (Phi) is 5.34. The van der Waals surface area contributed by atoms with Crippen molar-refractivity contribution in [2.75, 3.05) is 0 Å². The van der Waals surface area contributed by atoms with Gasteiger partial charge in [0.25, 0.3) is 17.0 Å². The molecule has 4 rings (SSSR count). The topological polar surface area (TPSA) is 157 Å². The lowest BCUT2D eigenvalue weighted by molar-refractivity contribution is -0.122. The number of tetrazole rings is 1. The first-order chi connectivity index (χ1) is 15.0. The van der Waals surface area contributed by atoms with Crippen molar-refractivity contribution in [3.63, 3.8) is 0 Å². The Hall–Kier alpha value is -4.61. The summed E-state index contributed by atoms with van der Waals surface area (Å²) in [5, 5.41) is 13.8. The lowest BCUT2D eigenvalue weighted by atomic mass is 10.2. The van der Waals surface area contributed by atoms with Gasteiger partial charge in [0.2, 0.25) is 5.91 Å². The van der Waals surface area contributed by atoms with E-state index in [-0.39, 0.29) is 23.7 Å². The van der Waals surface area contributed by atoms with E-state index in [4.69, 9.17) is 0 Å². The van der Waals surface area contributed by atoms with Crippen LogP contribution in [0.5, 0.6) is 0 Å². The molecule has 156 valence electrons. The van der Waals surface area contributed by atoms with E-state index in [1.807, 2.05) is 0 Å². The summed E-state index contributed by atoms with van der Waals surface area (Å²) in [6.45, 7) is -0.0543. The van der Waals surface area contributed by atoms with E-state index in [0.717, 1.165) is 4.68 Å². The van der Waals surface area contributed by atoms with Crippen molar-refractivity contribution in [3.8, 4) is 5.69 Å². The third kappa shape index (κ3) is 4.22. The molecule has 0 spiro atoms. The van der Waals surface area contributed by atoms with E-state index in [2.05, 4.69) is 31.5 Å². The predicted octanol–water partition coefficient (Wildman–Crippen LogP) is -0.483. The van der Waals surface area contributed by atoms with Crippen LogP contribution in [-0.4, -0.2) is 41.8 Å². The quantitative estimate of drug-likeness (QED) is 0.368. The van der Waals surface area contributed by atoms with Crippen LogP contribution < -0.4 is 22.0 Å². The number of rotatable bonds is 5. The highest BCUT2D eigenvalue weighted by Crippen LogP contribution is 2.07. The summed E-state index contributed by atoms with van der Waals surface area (Å²) in [4.78, 5) is 48.8. The summed E-state index contributed by atoms with van der Waals surface area (Å²) < 4.78 is 2.51. The molecule has 0 bridgehead atoms. The number of fused-ring (bicyclic) bond motifs is 1. The second kappa shape index (κ2) is 8.41. The maximum absolute atomic E-state index is 12.4. The zero-order valence-corrected chi connectivity index (χ0v) is 16.0. The number of nitrogens with one attached hydrogen (secondary N) is 3. The maximum Gasteiger partial charge on any atom is 0.273 e. The summed E-state index contributed by atoms with van der Waals surface area (Å²) >= 11 is 0. The minimum absolute atomic E-state index is 0.0543. The summed E-state index contributed by atoms with van der Waals surface area (Å²) in [7, 11) is 0. The van der Waals surface area contributed by atoms with Gasteiger partial charge in [-0.2, -0.15) is 0 Å². The van der Waals surface area contributed by atoms with Gasteiger partial charge in [0.15, 0.2) is 0 Å². The second-order valence-corrected chi connectivity index (χ2v) is 6.50. The molecule has 0 radical (unpaired) electrons. The first kappa shape index (κ1) is 19.7. The van der Waals surface area contributed by atoms with Crippen LogP contribution in [0.2, 0.25) is 0 Å². The Morgan fingerprint density at radius 1 is 0.968 bits per heavy atom. The number of hydrazine groups is 1. The highest BCUT2D eigenvalue weighted by Gasteiger charge is 2.10. The molecule has 2 aromatic heterocycles. The molecule has 0 saturated carbocycles. The fourth-order valence-electron chi connectivity index (χ4n) is 2.92. The lowest BCUT2D eigenvalue weighted by Crippen LogP contribution is -2.42. The molecule has 0 atom stereocenters. The third-order valence-electron chi connectivity index (χ3n) is 4.50. The normalized spacial score (nSPS) is 10.7. The third-order valence-corrected chi connectivity index (χ3v) is 4.50. The number of benzene rings is 2. The monoisotopic (exact) mass is 420 g/mol. The molecule has 2 amide bonds. The van der Waals surface area contributed by atoms with Crippen molar-refractivity contribution < 1.29 is 9.59 Å². The van der Waals surface area contributed by atoms with Crippen molar-refractivity contribution in [1.82, 2.24) is 40.8 Å². The number of aromatic nitrogens is 6. The first-order valence-electron chi connectivity index (χ1n) is 9.17. The highest BCUT2D eigenvalue weighted by atomic mass is 16.2. The number of aryl methyl sites for hydroxylation is 1. The van der Waals surface area contributed by atoms with E-state index in [1.54, 1.807) is 48.5 Å². The average Bonchev–Trinajstić information content (AvgIpc) is 3.34. The number of carbonyl (C=O) groups excluding carboxylic acids is 2. The summed E-state index contributed by atoms with van der Waals surface area (Å²) in [6, 6.07) is 12.8. The van der Waals surface area contributed by atoms with Gasteiger partial charge in [-0.25, -0.2) is 9.36 Å². The van der Waals surface area contributed by atoms with E-state index in [9.17, 15) is 19.2 Å². The Bertz CT molecular complexity index is 1360. The first-order valence-corrected chi connectivity index (χ1v) is 9.17. The second-order valence-electron chi connectivity index (χ2n) is 6.50. The van der Waals surface area contributed by atoms with Crippen LogP contribution in [0.25, 0.3) is 16.5 Å². The van der Waals surface area contributed by atoms with Gasteiger partial charge in [0.1, 0.15) is 6.33 Å². The van der Waals surface area contributed by atoms with Gasteiger partial charge in [0, 0.05) is 12.0 Å². The number of H-pyrrole nitrogens is 1. The molecule has 0 fully saturated rings. The van der Waals surface area contributed by atoms with Crippen molar-refractivity contribution in [1.29, 1.82) is 0 Å². The molecular weight excluding hydrogens is 404 g/mol. The van der Waals surface area contributed by atoms with Crippen LogP contribution in [-0.2, 0) is 11.3 Å². The Morgan fingerprint density at radius 2 is 1.71 bits per heavy atom. The molecule has 12 heteroatoms. The number of aromatic amines is 1. The molecule has 3 N–H and O–H groups in total. The highest BCUT2D eigenvalue weighted by molar-refractivity contribution is 5.95. The molecule has 2 aromatic carbocycles. The van der Waals surface area contributed by atoms with Crippen LogP contribution in [0.3, 0.4) is 0 Å². The molecule has 0 aliphatic carbocycles. The molecule has 31 heavy (non-hydrogen) atoms. The molecule has 0 unspecified atom stereocenters. The zero-order chi connectivity index (χ0) is 21.8. The molecule has 12 nitrogen and oxygen atoms in total. The Morgan fingerprint density at radius 3 is 2.42 bits per heavy atom. The van der Waals surface area contributed by atoms with Gasteiger partial charge >= 0.3 is 0 Å². The fraction of sp³-hybridized carbons (Fsp3) is 0.105. The minimum atomic E-state index is -0.528. The van der Waals surface area contributed by atoms with E-state index < -0.39 is 22.9 Å². The number of hydrogen-bond acceptors (Lipinski definition) is 7. The van der Waals surface area contributed by atoms with Gasteiger partial charge < -0.3 is 0 Å². The number of carbonyl (C=O) groups is 2. The summed E-state index contributed by atoms with van der Waals surface area (Å²) in [6.07, 6.45) is 1.29. The van der Waals surface area contributed by atoms with Crippen LogP contribution in [0.1, 0.15) is 16.8 Å². The van der Waals surface area contributed by atoms with Crippen molar-refractivity contribution in [3.05, 3.63) is 81.1 Å². The molecule has 0 aliphatic rings. The average molecular weight is 420 g/mol. The van der Waals surface area contributed by atoms with Crippen molar-refractivity contribution in [2.24, 2.45) is 0 Å². The van der Waals surface area contributed by atoms with Crippen molar-refractivity contribution in [2.45, 2.75) is 13.0 Å². The predicted molar refractivity (Wildman–Crippen MR) is 108 cm³/mol. The van der Waals surface area contributed by atoms with Crippen LogP contribution >= 0.6 is 0 Å². The number of amides is 2. The largest absolute Gasteiger partial charge is 0.273 e. The smallest absolute Gasteiger partial charge is 0.273 e. The minimum Gasteiger partial charge on any atom is -0.273 e. The van der Waals surface area contributed by atoms with E-state index >= 15 is 0 Å². The molecule has 4 aromatic rings. The van der Waals surface area contributed by atoms with Gasteiger partial charge in [-0.1, -0.05) is 12.1 Å². The number of hydrogen-bond donors (Lipinski definition) is 3. The van der Waals surface area contributed by atoms with E-state index in [1.165, 1.54) is 11.0 Å². The van der Waals surface area contributed by atoms with Crippen molar-refractivity contribution >= 4 is 22.6 Å². The fourth-order valence-corrected chi connectivity index (χ4v) is 2.92. The number of nitrogens with zero attached hydrogens (tertiary/aromatic N) is 5. The molecule has 2 heterocycles. The molecule has 0 aliphatic heterocycles. The van der Waals surface area contributed by atoms with Gasteiger partial charge in [0.05, 0.1) is 23.0 Å². The zero-order valence-electron chi connectivity index (χ0n) is 16.0.